The minimum Gasteiger partial charge on any atom is -0.342 e. The van der Waals surface area contributed by atoms with Gasteiger partial charge in [-0.05, 0) is 43.7 Å². The Morgan fingerprint density at radius 2 is 2.00 bits per heavy atom. The zero-order valence-corrected chi connectivity index (χ0v) is 11.7. The number of thiophene rings is 1. The highest BCUT2D eigenvalue weighted by atomic mass is 32.1. The summed E-state index contributed by atoms with van der Waals surface area (Å²) in [5, 5.41) is 2.74. The predicted molar refractivity (Wildman–Crippen MR) is 74.5 cm³/mol. The molecule has 0 bridgehead atoms. The number of hydrogen-bond donors (Lipinski definition) is 1. The molecule has 0 radical (unpaired) electrons. The van der Waals surface area contributed by atoms with Crippen LogP contribution in [0.15, 0.2) is 6.07 Å². The zero-order valence-electron chi connectivity index (χ0n) is 10.9. The van der Waals surface area contributed by atoms with Crippen molar-refractivity contribution in [3.8, 4) is 0 Å². The number of likely N-dealkylation sites (tertiary alicyclic amines) is 1. The van der Waals surface area contributed by atoms with Crippen LogP contribution in [0.25, 0.3) is 0 Å². The molecular weight excluding hydrogens is 260 g/mol. The minimum absolute atomic E-state index is 0.0370. The summed E-state index contributed by atoms with van der Waals surface area (Å²) in [6.45, 7) is 1.80. The van der Waals surface area contributed by atoms with Crippen molar-refractivity contribution in [1.29, 1.82) is 0 Å². The van der Waals surface area contributed by atoms with Crippen molar-refractivity contribution in [3.63, 3.8) is 0 Å². The lowest BCUT2D eigenvalue weighted by Gasteiger charge is -2.15. The first-order chi connectivity index (χ1) is 9.24. The number of hydrogen-bond acceptors (Lipinski definition) is 3. The number of rotatable bonds is 3. The zero-order chi connectivity index (χ0) is 13.2. The summed E-state index contributed by atoms with van der Waals surface area (Å²) in [7, 11) is 0. The van der Waals surface area contributed by atoms with E-state index >= 15 is 0 Å². The maximum atomic E-state index is 12.0. The predicted octanol–water partition coefficient (Wildman–Crippen LogP) is 1.59. The van der Waals surface area contributed by atoms with Crippen molar-refractivity contribution >= 4 is 23.2 Å². The largest absolute Gasteiger partial charge is 0.342 e. The van der Waals surface area contributed by atoms with Gasteiger partial charge in [-0.15, -0.1) is 11.3 Å². The summed E-state index contributed by atoms with van der Waals surface area (Å²) in [5.41, 5.74) is 1.32. The average Bonchev–Trinajstić information content (AvgIpc) is 3.09. The van der Waals surface area contributed by atoms with Gasteiger partial charge in [0, 0.05) is 18.0 Å². The Labute approximate surface area is 116 Å². The molecule has 102 valence electrons. The van der Waals surface area contributed by atoms with Gasteiger partial charge in [-0.3, -0.25) is 9.59 Å². The third kappa shape index (κ3) is 2.66. The third-order valence-corrected chi connectivity index (χ3v) is 5.07. The van der Waals surface area contributed by atoms with Gasteiger partial charge in [-0.1, -0.05) is 0 Å². The molecule has 0 atom stereocenters. The molecule has 1 aromatic heterocycles. The Morgan fingerprint density at radius 3 is 2.74 bits per heavy atom. The Bertz CT molecular complexity index is 482. The fourth-order valence-electron chi connectivity index (χ4n) is 2.76. The first kappa shape index (κ1) is 12.7. The molecule has 3 rings (SSSR count). The van der Waals surface area contributed by atoms with Crippen LogP contribution in [0.2, 0.25) is 0 Å². The molecule has 1 saturated heterocycles. The molecule has 1 aliphatic carbocycles. The molecule has 0 unspecified atom stereocenters. The van der Waals surface area contributed by atoms with E-state index in [0.717, 1.165) is 43.6 Å². The van der Waals surface area contributed by atoms with Crippen molar-refractivity contribution in [3.05, 3.63) is 21.4 Å². The van der Waals surface area contributed by atoms with Crippen molar-refractivity contribution in [2.75, 3.05) is 19.6 Å². The van der Waals surface area contributed by atoms with Gasteiger partial charge >= 0.3 is 0 Å². The molecule has 1 fully saturated rings. The van der Waals surface area contributed by atoms with Crippen LogP contribution in [0.5, 0.6) is 0 Å². The minimum atomic E-state index is -0.105. The number of nitrogens with one attached hydrogen (secondary N) is 1. The lowest BCUT2D eigenvalue weighted by Crippen LogP contribution is -2.38. The van der Waals surface area contributed by atoms with E-state index in [1.165, 1.54) is 16.9 Å². The molecule has 0 saturated carbocycles. The van der Waals surface area contributed by atoms with E-state index in [1.54, 1.807) is 11.3 Å². The molecule has 19 heavy (non-hydrogen) atoms. The Morgan fingerprint density at radius 1 is 1.21 bits per heavy atom. The van der Waals surface area contributed by atoms with Crippen molar-refractivity contribution in [1.82, 2.24) is 10.2 Å². The molecule has 2 aliphatic rings. The molecule has 4 nitrogen and oxygen atoms in total. The number of carbonyl (C=O) groups is 2. The summed E-state index contributed by atoms with van der Waals surface area (Å²) in [6.07, 6.45) is 5.55. The van der Waals surface area contributed by atoms with Gasteiger partial charge in [0.25, 0.3) is 5.91 Å². The van der Waals surface area contributed by atoms with Crippen molar-refractivity contribution < 1.29 is 9.59 Å². The van der Waals surface area contributed by atoms with Gasteiger partial charge in [0.1, 0.15) is 0 Å². The lowest BCUT2D eigenvalue weighted by molar-refractivity contribution is -0.129. The van der Waals surface area contributed by atoms with Gasteiger partial charge in [-0.2, -0.15) is 0 Å². The van der Waals surface area contributed by atoms with Crippen LogP contribution < -0.4 is 5.32 Å². The molecule has 2 heterocycles. The van der Waals surface area contributed by atoms with E-state index in [4.69, 9.17) is 0 Å². The van der Waals surface area contributed by atoms with Gasteiger partial charge in [0.05, 0.1) is 11.4 Å². The van der Waals surface area contributed by atoms with Gasteiger partial charge in [-0.25, -0.2) is 0 Å². The van der Waals surface area contributed by atoms with E-state index < -0.39 is 0 Å². The average molecular weight is 278 g/mol. The Kier molecular flexibility index (Phi) is 3.55. The second-order valence-corrected chi connectivity index (χ2v) is 6.32. The highest BCUT2D eigenvalue weighted by molar-refractivity contribution is 7.14. The maximum Gasteiger partial charge on any atom is 0.261 e. The Balaban J connectivity index is 1.54. The standard InChI is InChI=1S/C14H18N2O2S/c17-13(16-6-1-2-7-16)9-15-14(18)12-8-10-4-3-5-11(10)19-12/h8H,1-7,9H2,(H,15,18). The molecule has 0 aromatic carbocycles. The highest BCUT2D eigenvalue weighted by Crippen LogP contribution is 2.30. The van der Waals surface area contributed by atoms with Crippen LogP contribution in [0.4, 0.5) is 0 Å². The fraction of sp³-hybridized carbons (Fsp3) is 0.571. The first-order valence-electron chi connectivity index (χ1n) is 6.91. The summed E-state index contributed by atoms with van der Waals surface area (Å²) in [5.74, 6) is -0.0677. The monoisotopic (exact) mass is 278 g/mol. The molecule has 1 aromatic rings. The maximum absolute atomic E-state index is 12.0. The van der Waals surface area contributed by atoms with Crippen molar-refractivity contribution in [2.45, 2.75) is 32.1 Å². The van der Waals surface area contributed by atoms with Crippen LogP contribution in [0, 0.1) is 0 Å². The van der Waals surface area contributed by atoms with E-state index in [-0.39, 0.29) is 18.4 Å². The van der Waals surface area contributed by atoms with E-state index in [2.05, 4.69) is 5.32 Å². The number of aryl methyl sites for hydroxylation is 2. The second-order valence-electron chi connectivity index (χ2n) is 5.18. The molecule has 0 spiro atoms. The van der Waals surface area contributed by atoms with E-state index in [9.17, 15) is 9.59 Å². The second kappa shape index (κ2) is 5.33. The summed E-state index contributed by atoms with van der Waals surface area (Å²) >= 11 is 1.58. The highest BCUT2D eigenvalue weighted by Gasteiger charge is 2.21. The number of carbonyl (C=O) groups excluding carboxylic acids is 2. The Hall–Kier alpha value is -1.36. The van der Waals surface area contributed by atoms with Gasteiger partial charge in [0.15, 0.2) is 0 Å². The first-order valence-corrected chi connectivity index (χ1v) is 7.73. The van der Waals surface area contributed by atoms with Crippen LogP contribution in [0.3, 0.4) is 0 Å². The third-order valence-electron chi connectivity index (χ3n) is 3.83. The van der Waals surface area contributed by atoms with Gasteiger partial charge in [0.2, 0.25) is 5.91 Å². The lowest BCUT2D eigenvalue weighted by atomic mass is 10.2. The molecule has 1 N–H and O–H groups in total. The fourth-order valence-corrected chi connectivity index (χ4v) is 3.93. The van der Waals surface area contributed by atoms with Crippen LogP contribution in [-0.4, -0.2) is 36.3 Å². The smallest absolute Gasteiger partial charge is 0.261 e. The molecular formula is C14H18N2O2S. The number of amides is 2. The topological polar surface area (TPSA) is 49.4 Å². The normalized spacial score (nSPS) is 17.6. The van der Waals surface area contributed by atoms with Crippen molar-refractivity contribution in [2.24, 2.45) is 0 Å². The van der Waals surface area contributed by atoms with E-state index in [0.29, 0.717) is 0 Å². The number of fused-ring (bicyclic) bond motifs is 1. The van der Waals surface area contributed by atoms with Crippen LogP contribution in [0.1, 0.15) is 39.4 Å². The summed E-state index contributed by atoms with van der Waals surface area (Å²) in [4.78, 5) is 27.8. The number of nitrogens with zero attached hydrogens (tertiary/aromatic N) is 1. The molecule has 1 aliphatic heterocycles. The SMILES string of the molecule is O=C(NCC(=O)N1CCCC1)c1cc2c(s1)CCC2. The molecule has 5 heteroatoms. The summed E-state index contributed by atoms with van der Waals surface area (Å²) in [6, 6.07) is 1.99. The summed E-state index contributed by atoms with van der Waals surface area (Å²) < 4.78 is 0. The van der Waals surface area contributed by atoms with Crippen LogP contribution >= 0.6 is 11.3 Å². The quantitative estimate of drug-likeness (QED) is 0.913. The van der Waals surface area contributed by atoms with Crippen LogP contribution in [-0.2, 0) is 17.6 Å². The van der Waals surface area contributed by atoms with Gasteiger partial charge < -0.3 is 10.2 Å². The van der Waals surface area contributed by atoms with E-state index in [1.807, 2.05) is 11.0 Å². The molecule has 2 amide bonds.